The van der Waals surface area contributed by atoms with E-state index in [0.717, 1.165) is 28.8 Å². The van der Waals surface area contributed by atoms with E-state index in [1.54, 1.807) is 6.33 Å². The van der Waals surface area contributed by atoms with Crippen LogP contribution >= 0.6 is 22.6 Å². The van der Waals surface area contributed by atoms with Crippen LogP contribution in [0.4, 0.5) is 5.82 Å². The standard InChI is InChI=1S/C11H19IN4/c1-3-9(4-2)16(6-5-13)11-10(12)7-14-8-15-11/h7-9H,3-6,13H2,1-2H3. The highest BCUT2D eigenvalue weighted by molar-refractivity contribution is 14.1. The van der Waals surface area contributed by atoms with Crippen molar-refractivity contribution in [1.29, 1.82) is 0 Å². The van der Waals surface area contributed by atoms with Gasteiger partial charge in [-0.25, -0.2) is 9.97 Å². The zero-order valence-electron chi connectivity index (χ0n) is 9.86. The molecule has 0 aliphatic heterocycles. The van der Waals surface area contributed by atoms with Crippen molar-refractivity contribution in [2.45, 2.75) is 32.7 Å². The maximum absolute atomic E-state index is 5.68. The molecule has 0 aliphatic carbocycles. The first-order chi connectivity index (χ1) is 7.74. The van der Waals surface area contributed by atoms with E-state index in [4.69, 9.17) is 5.73 Å². The molecule has 0 bridgehead atoms. The first kappa shape index (κ1) is 13.6. The van der Waals surface area contributed by atoms with Gasteiger partial charge >= 0.3 is 0 Å². The number of aromatic nitrogens is 2. The smallest absolute Gasteiger partial charge is 0.145 e. The quantitative estimate of drug-likeness (QED) is 0.809. The Bertz CT molecular complexity index is 315. The van der Waals surface area contributed by atoms with Gasteiger partial charge in [0.1, 0.15) is 12.1 Å². The van der Waals surface area contributed by atoms with E-state index in [2.05, 4.69) is 51.3 Å². The number of hydrogen-bond donors (Lipinski definition) is 1. The van der Waals surface area contributed by atoms with E-state index in [1.165, 1.54) is 0 Å². The van der Waals surface area contributed by atoms with Crippen molar-refractivity contribution in [3.63, 3.8) is 0 Å². The predicted molar refractivity (Wildman–Crippen MR) is 75.5 cm³/mol. The first-order valence-electron chi connectivity index (χ1n) is 5.66. The highest BCUT2D eigenvalue weighted by atomic mass is 127. The van der Waals surface area contributed by atoms with Crippen LogP contribution in [0.25, 0.3) is 0 Å². The molecule has 0 saturated carbocycles. The first-order valence-corrected chi connectivity index (χ1v) is 6.74. The van der Waals surface area contributed by atoms with Crippen molar-refractivity contribution in [3.05, 3.63) is 16.1 Å². The molecule has 1 rings (SSSR count). The Morgan fingerprint density at radius 2 is 2.12 bits per heavy atom. The molecule has 0 amide bonds. The Hall–Kier alpha value is -0.430. The van der Waals surface area contributed by atoms with Gasteiger partial charge in [-0.05, 0) is 35.4 Å². The van der Waals surface area contributed by atoms with E-state index in [-0.39, 0.29) is 0 Å². The van der Waals surface area contributed by atoms with Crippen molar-refractivity contribution < 1.29 is 0 Å². The molecule has 16 heavy (non-hydrogen) atoms. The Morgan fingerprint density at radius 1 is 1.44 bits per heavy atom. The zero-order valence-corrected chi connectivity index (χ0v) is 12.0. The molecule has 2 N–H and O–H groups in total. The summed E-state index contributed by atoms with van der Waals surface area (Å²) in [6.45, 7) is 5.90. The second kappa shape index (κ2) is 7.01. The number of hydrogen-bond acceptors (Lipinski definition) is 4. The highest BCUT2D eigenvalue weighted by Crippen LogP contribution is 2.22. The van der Waals surface area contributed by atoms with E-state index >= 15 is 0 Å². The van der Waals surface area contributed by atoms with Gasteiger partial charge < -0.3 is 10.6 Å². The molecule has 1 aromatic heterocycles. The molecule has 0 atom stereocenters. The normalized spacial score (nSPS) is 10.8. The van der Waals surface area contributed by atoms with Crippen LogP contribution in [0.2, 0.25) is 0 Å². The summed E-state index contributed by atoms with van der Waals surface area (Å²) < 4.78 is 1.08. The molecule has 0 fully saturated rings. The Labute approximate surface area is 111 Å². The molecular weight excluding hydrogens is 315 g/mol. The Kier molecular flexibility index (Phi) is 5.97. The molecule has 1 heterocycles. The summed E-state index contributed by atoms with van der Waals surface area (Å²) in [6.07, 6.45) is 5.66. The molecule has 0 aliphatic rings. The summed E-state index contributed by atoms with van der Waals surface area (Å²) in [4.78, 5) is 10.7. The van der Waals surface area contributed by atoms with Gasteiger partial charge in [0, 0.05) is 25.3 Å². The Balaban J connectivity index is 2.97. The summed E-state index contributed by atoms with van der Waals surface area (Å²) in [6, 6.07) is 0.506. The molecule has 0 aromatic carbocycles. The summed E-state index contributed by atoms with van der Waals surface area (Å²) in [5.74, 6) is 1.01. The maximum atomic E-state index is 5.68. The summed E-state index contributed by atoms with van der Waals surface area (Å²) in [7, 11) is 0. The molecule has 0 radical (unpaired) electrons. The zero-order chi connectivity index (χ0) is 12.0. The number of nitrogens with two attached hydrogens (primary N) is 1. The van der Waals surface area contributed by atoms with Crippen LogP contribution in [0, 0.1) is 3.57 Å². The minimum Gasteiger partial charge on any atom is -0.351 e. The highest BCUT2D eigenvalue weighted by Gasteiger charge is 2.18. The van der Waals surface area contributed by atoms with Crippen LogP contribution in [-0.2, 0) is 0 Å². The topological polar surface area (TPSA) is 55.0 Å². The summed E-state index contributed by atoms with van der Waals surface area (Å²) in [5.41, 5.74) is 5.68. The van der Waals surface area contributed by atoms with E-state index < -0.39 is 0 Å². The van der Waals surface area contributed by atoms with Crippen molar-refractivity contribution >= 4 is 28.4 Å². The fourth-order valence-corrected chi connectivity index (χ4v) is 2.46. The van der Waals surface area contributed by atoms with Crippen LogP contribution in [0.5, 0.6) is 0 Å². The fraction of sp³-hybridized carbons (Fsp3) is 0.636. The van der Waals surface area contributed by atoms with Gasteiger partial charge in [0.2, 0.25) is 0 Å². The van der Waals surface area contributed by atoms with Crippen LogP contribution < -0.4 is 10.6 Å². The monoisotopic (exact) mass is 334 g/mol. The van der Waals surface area contributed by atoms with Crippen molar-refractivity contribution in [3.8, 4) is 0 Å². The third-order valence-corrected chi connectivity index (χ3v) is 3.43. The van der Waals surface area contributed by atoms with Crippen molar-refractivity contribution in [2.75, 3.05) is 18.0 Å². The largest absolute Gasteiger partial charge is 0.351 e. The average molecular weight is 334 g/mol. The maximum Gasteiger partial charge on any atom is 0.145 e. The van der Waals surface area contributed by atoms with Gasteiger partial charge in [-0.15, -0.1) is 0 Å². The van der Waals surface area contributed by atoms with Gasteiger partial charge in [-0.1, -0.05) is 13.8 Å². The molecule has 0 spiro atoms. The molecule has 0 saturated heterocycles. The average Bonchev–Trinajstić information content (AvgIpc) is 2.30. The Morgan fingerprint density at radius 3 is 2.62 bits per heavy atom. The molecular formula is C11H19IN4. The number of nitrogens with zero attached hydrogens (tertiary/aromatic N) is 3. The van der Waals surface area contributed by atoms with Crippen LogP contribution in [0.15, 0.2) is 12.5 Å². The SMILES string of the molecule is CCC(CC)N(CCN)c1ncncc1I. The molecule has 0 unspecified atom stereocenters. The molecule has 1 aromatic rings. The van der Waals surface area contributed by atoms with Gasteiger partial charge in [-0.3, -0.25) is 0 Å². The fourth-order valence-electron chi connectivity index (χ4n) is 1.85. The number of rotatable bonds is 6. The minimum atomic E-state index is 0.506. The third-order valence-electron chi connectivity index (χ3n) is 2.67. The molecule has 90 valence electrons. The minimum absolute atomic E-state index is 0.506. The van der Waals surface area contributed by atoms with Gasteiger partial charge in [0.15, 0.2) is 0 Å². The third kappa shape index (κ3) is 3.28. The number of anilines is 1. The molecule has 5 heteroatoms. The van der Waals surface area contributed by atoms with Crippen LogP contribution in [0.1, 0.15) is 26.7 Å². The lowest BCUT2D eigenvalue weighted by Crippen LogP contribution is -2.39. The second-order valence-electron chi connectivity index (χ2n) is 3.65. The lowest BCUT2D eigenvalue weighted by atomic mass is 10.1. The predicted octanol–water partition coefficient (Wildman–Crippen LogP) is 2.03. The van der Waals surface area contributed by atoms with E-state index in [0.29, 0.717) is 12.6 Å². The second-order valence-corrected chi connectivity index (χ2v) is 4.81. The molecule has 4 nitrogen and oxygen atoms in total. The van der Waals surface area contributed by atoms with Crippen molar-refractivity contribution in [2.24, 2.45) is 5.73 Å². The summed E-state index contributed by atoms with van der Waals surface area (Å²) >= 11 is 2.27. The lowest BCUT2D eigenvalue weighted by Gasteiger charge is -2.31. The van der Waals surface area contributed by atoms with Crippen LogP contribution in [-0.4, -0.2) is 29.1 Å². The van der Waals surface area contributed by atoms with Crippen LogP contribution in [0.3, 0.4) is 0 Å². The lowest BCUT2D eigenvalue weighted by molar-refractivity contribution is 0.553. The number of halogens is 1. The van der Waals surface area contributed by atoms with Crippen molar-refractivity contribution in [1.82, 2.24) is 9.97 Å². The van der Waals surface area contributed by atoms with E-state index in [9.17, 15) is 0 Å². The summed E-state index contributed by atoms with van der Waals surface area (Å²) in [5, 5.41) is 0. The van der Waals surface area contributed by atoms with Gasteiger partial charge in [0.25, 0.3) is 0 Å². The van der Waals surface area contributed by atoms with Gasteiger partial charge in [0.05, 0.1) is 3.57 Å². The van der Waals surface area contributed by atoms with Gasteiger partial charge in [-0.2, -0.15) is 0 Å². The van der Waals surface area contributed by atoms with E-state index in [1.807, 2.05) is 6.20 Å².